The number of fused-ring (bicyclic) bond motifs is 1. The fourth-order valence-electron chi connectivity index (χ4n) is 3.19. The first-order chi connectivity index (χ1) is 12.1. The largest absolute Gasteiger partial charge is 0.431 e. The van der Waals surface area contributed by atoms with E-state index in [0.29, 0.717) is 32.1 Å². The number of amides is 1. The van der Waals surface area contributed by atoms with Crippen LogP contribution in [0.5, 0.6) is 0 Å². The van der Waals surface area contributed by atoms with E-state index in [0.717, 1.165) is 25.4 Å². The maximum atomic E-state index is 13.1. The van der Waals surface area contributed by atoms with E-state index in [4.69, 9.17) is 5.73 Å². The molecule has 26 heavy (non-hydrogen) atoms. The van der Waals surface area contributed by atoms with Crippen molar-refractivity contribution in [2.45, 2.75) is 31.1 Å². The minimum Gasteiger partial charge on any atom is -0.370 e. The number of nitrogens with zero attached hydrogens (tertiary/aromatic N) is 2. The van der Waals surface area contributed by atoms with Crippen LogP contribution in [0.25, 0.3) is 0 Å². The van der Waals surface area contributed by atoms with E-state index in [9.17, 15) is 27.6 Å². The Morgan fingerprint density at radius 3 is 2.62 bits per heavy atom. The van der Waals surface area contributed by atoms with Gasteiger partial charge in [-0.15, -0.1) is 0 Å². The summed E-state index contributed by atoms with van der Waals surface area (Å²) < 4.78 is 43.1. The second kappa shape index (κ2) is 6.16. The van der Waals surface area contributed by atoms with Crippen molar-refractivity contribution in [2.75, 3.05) is 0 Å². The van der Waals surface area contributed by atoms with Crippen molar-refractivity contribution < 1.29 is 18.0 Å². The van der Waals surface area contributed by atoms with E-state index in [1.165, 1.54) is 0 Å². The van der Waals surface area contributed by atoms with Gasteiger partial charge in [-0.2, -0.15) is 13.2 Å². The lowest BCUT2D eigenvalue weighted by molar-refractivity contribution is -0.144. The molecule has 11 heteroatoms. The van der Waals surface area contributed by atoms with Crippen LogP contribution in [0.15, 0.2) is 38.3 Å². The fourth-order valence-corrected chi connectivity index (χ4v) is 4.31. The van der Waals surface area contributed by atoms with Crippen LogP contribution < -0.4 is 21.7 Å². The number of hydrogen-bond acceptors (Lipinski definition) is 5. The standard InChI is InChI=1S/C15H15F3N4O3S/c1-21-10(15(16,17)18)6-12(24)22(13(21)25)14(7-11(19)23)8-4-2-3-5-9(8)26-20-14/h4-6,20H,2-3,7H2,1H3,(H2,19,23). The molecule has 1 atom stereocenters. The minimum absolute atomic E-state index is 0.349. The van der Waals surface area contributed by atoms with Crippen LogP contribution in [0.1, 0.15) is 25.0 Å². The van der Waals surface area contributed by atoms with Crippen molar-refractivity contribution >= 4 is 17.9 Å². The summed E-state index contributed by atoms with van der Waals surface area (Å²) in [6, 6.07) is 0.349. The van der Waals surface area contributed by atoms with Crippen molar-refractivity contribution in [3.05, 3.63) is 55.2 Å². The van der Waals surface area contributed by atoms with Crippen LogP contribution >= 0.6 is 11.9 Å². The molecule has 0 spiro atoms. The Bertz CT molecular complexity index is 960. The second-order valence-electron chi connectivity index (χ2n) is 6.01. The van der Waals surface area contributed by atoms with Gasteiger partial charge in [0.05, 0.1) is 6.42 Å². The quantitative estimate of drug-likeness (QED) is 0.752. The first-order valence-electron chi connectivity index (χ1n) is 7.62. The van der Waals surface area contributed by atoms with Gasteiger partial charge in [0.25, 0.3) is 5.56 Å². The molecule has 1 saturated heterocycles. The molecule has 0 aromatic carbocycles. The molecular weight excluding hydrogens is 373 g/mol. The average molecular weight is 388 g/mol. The summed E-state index contributed by atoms with van der Waals surface area (Å²) in [5, 5.41) is 0. The van der Waals surface area contributed by atoms with Crippen molar-refractivity contribution in [2.24, 2.45) is 12.8 Å². The van der Waals surface area contributed by atoms with Crippen molar-refractivity contribution in [3.63, 3.8) is 0 Å². The molecule has 3 N–H and O–H groups in total. The van der Waals surface area contributed by atoms with Gasteiger partial charge >= 0.3 is 11.9 Å². The molecule has 1 aliphatic carbocycles. The summed E-state index contributed by atoms with van der Waals surface area (Å²) in [6.45, 7) is 0. The second-order valence-corrected chi connectivity index (χ2v) is 6.86. The number of aromatic nitrogens is 2. The van der Waals surface area contributed by atoms with E-state index in [1.807, 2.05) is 6.08 Å². The normalized spacial score (nSPS) is 22.6. The van der Waals surface area contributed by atoms with E-state index in [-0.39, 0.29) is 0 Å². The maximum absolute atomic E-state index is 13.1. The number of primary amides is 1. The van der Waals surface area contributed by atoms with Crippen LogP contribution in [0.4, 0.5) is 13.2 Å². The maximum Gasteiger partial charge on any atom is 0.431 e. The van der Waals surface area contributed by atoms with E-state index in [2.05, 4.69) is 4.72 Å². The summed E-state index contributed by atoms with van der Waals surface area (Å²) in [7, 11) is 0.924. The monoisotopic (exact) mass is 388 g/mol. The molecule has 1 fully saturated rings. The molecular formula is C15H15F3N4O3S. The van der Waals surface area contributed by atoms with Crippen LogP contribution in [0, 0.1) is 0 Å². The highest BCUT2D eigenvalue weighted by molar-refractivity contribution is 8.01. The lowest BCUT2D eigenvalue weighted by Gasteiger charge is -2.32. The van der Waals surface area contributed by atoms with Gasteiger partial charge in [-0.1, -0.05) is 12.2 Å². The number of nitrogens with one attached hydrogen (secondary N) is 1. The van der Waals surface area contributed by atoms with Crippen LogP contribution in [0.3, 0.4) is 0 Å². The van der Waals surface area contributed by atoms with Gasteiger partial charge < -0.3 is 5.73 Å². The smallest absolute Gasteiger partial charge is 0.370 e. The molecule has 2 aliphatic rings. The van der Waals surface area contributed by atoms with Crippen LogP contribution in [-0.4, -0.2) is 15.0 Å². The molecule has 0 bridgehead atoms. The molecule has 0 radical (unpaired) electrons. The molecule has 140 valence electrons. The molecule has 1 unspecified atom stereocenters. The number of alkyl halides is 3. The lowest BCUT2D eigenvalue weighted by atomic mass is 9.91. The van der Waals surface area contributed by atoms with Crippen molar-refractivity contribution in [1.82, 2.24) is 13.9 Å². The number of hydrogen-bond donors (Lipinski definition) is 2. The summed E-state index contributed by atoms with van der Waals surface area (Å²) in [6.07, 6.45) is -0.346. The van der Waals surface area contributed by atoms with Crippen LogP contribution in [0.2, 0.25) is 0 Å². The summed E-state index contributed by atoms with van der Waals surface area (Å²) in [4.78, 5) is 37.6. The zero-order valence-corrected chi connectivity index (χ0v) is 14.4. The number of allylic oxidation sites excluding steroid dienone is 2. The molecule has 1 aliphatic heterocycles. The first kappa shape index (κ1) is 18.5. The number of carbonyl (C=O) groups is 1. The van der Waals surface area contributed by atoms with Crippen molar-refractivity contribution in [1.29, 1.82) is 0 Å². The Kier molecular flexibility index (Phi) is 4.39. The summed E-state index contributed by atoms with van der Waals surface area (Å²) >= 11 is 1.11. The van der Waals surface area contributed by atoms with E-state index < -0.39 is 41.1 Å². The number of halogens is 3. The molecule has 1 aromatic heterocycles. The SMILES string of the molecule is Cn1c(C(F)(F)F)cc(=O)n(C2(CC(N)=O)NSC3=CCCC=C32)c1=O. The van der Waals surface area contributed by atoms with E-state index in [1.54, 1.807) is 6.08 Å². The molecule has 2 heterocycles. The number of rotatable bonds is 3. The highest BCUT2D eigenvalue weighted by Crippen LogP contribution is 2.46. The predicted octanol–water partition coefficient (Wildman–Crippen LogP) is 0.950. The molecule has 1 amide bonds. The number of carbonyl (C=O) groups excluding carboxylic acids is 1. The zero-order valence-electron chi connectivity index (χ0n) is 13.6. The molecule has 0 saturated carbocycles. The van der Waals surface area contributed by atoms with Gasteiger partial charge in [-0.3, -0.25) is 14.2 Å². The molecule has 1 aromatic rings. The zero-order chi connectivity index (χ0) is 19.3. The van der Waals surface area contributed by atoms with Crippen LogP contribution in [-0.2, 0) is 23.7 Å². The highest BCUT2D eigenvalue weighted by Gasteiger charge is 2.48. The molecule has 7 nitrogen and oxygen atoms in total. The molecule has 3 rings (SSSR count). The minimum atomic E-state index is -4.87. The Morgan fingerprint density at radius 1 is 1.35 bits per heavy atom. The predicted molar refractivity (Wildman–Crippen MR) is 88.9 cm³/mol. The third-order valence-corrected chi connectivity index (χ3v) is 5.35. The van der Waals surface area contributed by atoms with Gasteiger partial charge in [0.1, 0.15) is 11.4 Å². The Labute approximate surface area is 149 Å². The Balaban J connectivity index is 2.32. The van der Waals surface area contributed by atoms with Crippen molar-refractivity contribution in [3.8, 4) is 0 Å². The Morgan fingerprint density at radius 2 is 2.00 bits per heavy atom. The van der Waals surface area contributed by atoms with Gasteiger partial charge in [0.2, 0.25) is 5.91 Å². The third-order valence-electron chi connectivity index (χ3n) is 4.31. The van der Waals surface area contributed by atoms with E-state index >= 15 is 0 Å². The van der Waals surface area contributed by atoms with Gasteiger partial charge in [0, 0.05) is 23.6 Å². The lowest BCUT2D eigenvalue weighted by Crippen LogP contribution is -2.58. The third kappa shape index (κ3) is 2.80. The average Bonchev–Trinajstić information content (AvgIpc) is 2.89. The first-order valence-corrected chi connectivity index (χ1v) is 8.44. The van der Waals surface area contributed by atoms with Gasteiger partial charge in [0.15, 0.2) is 0 Å². The number of nitrogens with two attached hydrogens (primary N) is 1. The topological polar surface area (TPSA) is 99.1 Å². The fraction of sp³-hybridized carbons (Fsp3) is 0.400. The Hall–Kier alpha value is -2.27. The highest BCUT2D eigenvalue weighted by atomic mass is 32.2. The summed E-state index contributed by atoms with van der Waals surface area (Å²) in [5.74, 6) is -0.806. The van der Waals surface area contributed by atoms with Gasteiger partial charge in [-0.25, -0.2) is 14.1 Å². The summed E-state index contributed by atoms with van der Waals surface area (Å²) in [5.41, 5.74) is 0.465. The van der Waals surface area contributed by atoms with Gasteiger partial charge in [-0.05, 0) is 24.8 Å².